The fourth-order valence-corrected chi connectivity index (χ4v) is 2.12. The molecule has 0 amide bonds. The highest BCUT2D eigenvalue weighted by molar-refractivity contribution is 8.77. The van der Waals surface area contributed by atoms with Gasteiger partial charge in [-0.3, -0.25) is 4.70 Å². The lowest BCUT2D eigenvalue weighted by molar-refractivity contribution is 0.810. The van der Waals surface area contributed by atoms with E-state index in [1.54, 1.807) is 0 Å². The summed E-state index contributed by atoms with van der Waals surface area (Å²) in [5, 5.41) is 0. The molecule has 0 aromatic rings. The van der Waals surface area contributed by atoms with E-state index in [9.17, 15) is 0 Å². The van der Waals surface area contributed by atoms with Crippen molar-refractivity contribution in [1.29, 1.82) is 0 Å². The topological polar surface area (TPSA) is 0 Å². The zero-order chi connectivity index (χ0) is 6.62. The van der Waals surface area contributed by atoms with Crippen molar-refractivity contribution >= 4 is 21.6 Å². The summed E-state index contributed by atoms with van der Waals surface area (Å²) in [5.74, 6) is 1.21. The normalized spacial score (nSPS) is 10.7. The van der Waals surface area contributed by atoms with E-state index >= 15 is 0 Å². The third-order valence-corrected chi connectivity index (χ3v) is 3.84. The van der Waals surface area contributed by atoms with Crippen molar-refractivity contribution in [3.8, 4) is 0 Å². The molecule has 0 spiro atoms. The maximum absolute atomic E-state index is 2.24. The molecule has 0 aromatic carbocycles. The molecule has 0 heterocycles. The first-order valence-electron chi connectivity index (χ1n) is 2.87. The molecule has 58 valence electrons. The molecule has 3 heteroatoms. The van der Waals surface area contributed by atoms with Crippen LogP contribution in [0.2, 0.25) is 0 Å². The van der Waals surface area contributed by atoms with E-state index in [0.29, 0.717) is 4.75 Å². The first kappa shape index (κ1) is 12.3. The van der Waals surface area contributed by atoms with E-state index in [1.165, 1.54) is 5.75 Å². The highest BCUT2D eigenvalue weighted by Gasteiger charge is 2.08. The predicted octanol–water partition coefficient (Wildman–Crippen LogP) is 3.34. The molecule has 0 nitrogen and oxygen atoms in total. The Morgan fingerprint density at radius 2 is 1.67 bits per heavy atom. The standard InChI is InChI=1S/C6H14S2.FH/c1-5-7-8-6(2,3)4;/h5H2,1-4H3;1H. The molecule has 0 aliphatic heterocycles. The summed E-state index contributed by atoms with van der Waals surface area (Å²) in [6.45, 7) is 8.89. The Kier molecular flexibility index (Phi) is 7.42. The molecule has 0 aliphatic carbocycles. The van der Waals surface area contributed by atoms with Gasteiger partial charge in [0.05, 0.1) is 0 Å². The van der Waals surface area contributed by atoms with Gasteiger partial charge in [0.1, 0.15) is 0 Å². The smallest absolute Gasteiger partial charge is 0.0179 e. The van der Waals surface area contributed by atoms with Crippen molar-refractivity contribution in [2.45, 2.75) is 32.4 Å². The third-order valence-electron chi connectivity index (χ3n) is 0.427. The molecule has 0 aromatic heterocycles. The fraction of sp³-hybridized carbons (Fsp3) is 1.00. The van der Waals surface area contributed by atoms with Crippen LogP contribution in [-0.2, 0) is 0 Å². The molecule has 0 rings (SSSR count). The van der Waals surface area contributed by atoms with Crippen molar-refractivity contribution in [3.63, 3.8) is 0 Å². The SMILES string of the molecule is CCSSC(C)(C)C.F. The Morgan fingerprint density at radius 3 is 1.78 bits per heavy atom. The first-order valence-corrected chi connectivity index (χ1v) is 5.19. The highest BCUT2D eigenvalue weighted by atomic mass is 33.1. The van der Waals surface area contributed by atoms with Crippen LogP contribution < -0.4 is 0 Å². The van der Waals surface area contributed by atoms with Gasteiger partial charge >= 0.3 is 0 Å². The molecule has 0 fully saturated rings. The molecule has 0 N–H and O–H groups in total. The summed E-state index contributed by atoms with van der Waals surface area (Å²) in [5.41, 5.74) is 0. The Hall–Kier alpha value is 0.630. The van der Waals surface area contributed by atoms with Crippen LogP contribution in [0, 0.1) is 0 Å². The van der Waals surface area contributed by atoms with E-state index in [1.807, 2.05) is 21.6 Å². The number of halogens is 1. The Morgan fingerprint density at radius 1 is 1.22 bits per heavy atom. The van der Waals surface area contributed by atoms with Gasteiger partial charge in [0.25, 0.3) is 0 Å². The summed E-state index contributed by atoms with van der Waals surface area (Å²) in [6, 6.07) is 0. The zero-order valence-electron chi connectivity index (χ0n) is 6.43. The summed E-state index contributed by atoms with van der Waals surface area (Å²) in [4.78, 5) is 0. The predicted molar refractivity (Wildman–Crippen MR) is 48.0 cm³/mol. The van der Waals surface area contributed by atoms with Gasteiger partial charge in [-0.05, 0) is 0 Å². The van der Waals surface area contributed by atoms with Crippen LogP contribution in [0.25, 0.3) is 0 Å². The van der Waals surface area contributed by atoms with Crippen LogP contribution in [0.15, 0.2) is 0 Å². The monoisotopic (exact) mass is 170 g/mol. The summed E-state index contributed by atoms with van der Waals surface area (Å²) in [7, 11) is 3.88. The molecular weight excluding hydrogens is 155 g/mol. The molecule has 0 atom stereocenters. The molecule has 0 unspecified atom stereocenters. The molecule has 0 saturated heterocycles. The Balaban J connectivity index is 0. The fourth-order valence-electron chi connectivity index (χ4n) is 0.236. The number of hydrogen-bond acceptors (Lipinski definition) is 2. The molecule has 0 bridgehead atoms. The second-order valence-electron chi connectivity index (χ2n) is 2.60. The summed E-state index contributed by atoms with van der Waals surface area (Å²) in [6.07, 6.45) is 0. The van der Waals surface area contributed by atoms with Crippen molar-refractivity contribution in [3.05, 3.63) is 0 Å². The Bertz CT molecular complexity index is 58.6. The molecule has 0 radical (unpaired) electrons. The number of hydrogen-bond donors (Lipinski definition) is 0. The van der Waals surface area contributed by atoms with Gasteiger partial charge in [-0.25, -0.2) is 0 Å². The minimum absolute atomic E-state index is 0. The maximum atomic E-state index is 2.24. The van der Waals surface area contributed by atoms with Crippen molar-refractivity contribution < 1.29 is 4.70 Å². The second kappa shape index (κ2) is 5.42. The average molecular weight is 170 g/mol. The molecule has 0 saturated carbocycles. The van der Waals surface area contributed by atoms with E-state index in [2.05, 4.69) is 27.7 Å². The minimum Gasteiger partial charge on any atom is -0.269 e. The van der Waals surface area contributed by atoms with Gasteiger partial charge in [-0.2, -0.15) is 0 Å². The van der Waals surface area contributed by atoms with Crippen LogP contribution in [0.4, 0.5) is 4.70 Å². The van der Waals surface area contributed by atoms with E-state index in [-0.39, 0.29) is 4.70 Å². The van der Waals surface area contributed by atoms with Gasteiger partial charge in [0.15, 0.2) is 0 Å². The van der Waals surface area contributed by atoms with E-state index in [0.717, 1.165) is 0 Å². The van der Waals surface area contributed by atoms with Crippen LogP contribution in [-0.4, -0.2) is 10.5 Å². The highest BCUT2D eigenvalue weighted by Crippen LogP contribution is 2.34. The second-order valence-corrected chi connectivity index (χ2v) is 6.01. The molecular formula is C6H15FS2. The minimum atomic E-state index is 0. The van der Waals surface area contributed by atoms with E-state index < -0.39 is 0 Å². The summed E-state index contributed by atoms with van der Waals surface area (Å²) < 4.78 is 0.431. The van der Waals surface area contributed by atoms with Crippen molar-refractivity contribution in [1.82, 2.24) is 0 Å². The maximum Gasteiger partial charge on any atom is 0.0179 e. The van der Waals surface area contributed by atoms with E-state index in [4.69, 9.17) is 0 Å². The molecule has 0 aliphatic rings. The quantitative estimate of drug-likeness (QED) is 0.583. The largest absolute Gasteiger partial charge is 0.269 e. The lowest BCUT2D eigenvalue weighted by Gasteiger charge is -2.14. The van der Waals surface area contributed by atoms with Crippen molar-refractivity contribution in [2.24, 2.45) is 0 Å². The first-order chi connectivity index (χ1) is 3.56. The lowest BCUT2D eigenvalue weighted by Crippen LogP contribution is -2.04. The number of rotatable bonds is 2. The van der Waals surface area contributed by atoms with Gasteiger partial charge in [0.2, 0.25) is 0 Å². The molecule has 9 heavy (non-hydrogen) atoms. The zero-order valence-corrected chi connectivity index (χ0v) is 8.06. The van der Waals surface area contributed by atoms with Crippen LogP contribution in [0.5, 0.6) is 0 Å². The van der Waals surface area contributed by atoms with Crippen LogP contribution in [0.3, 0.4) is 0 Å². The van der Waals surface area contributed by atoms with Gasteiger partial charge in [-0.15, -0.1) is 0 Å². The average Bonchev–Trinajstić information content (AvgIpc) is 1.59. The third kappa shape index (κ3) is 12.0. The van der Waals surface area contributed by atoms with Gasteiger partial charge in [0, 0.05) is 10.5 Å². The van der Waals surface area contributed by atoms with Gasteiger partial charge in [-0.1, -0.05) is 49.3 Å². The van der Waals surface area contributed by atoms with Crippen LogP contribution >= 0.6 is 21.6 Å². The van der Waals surface area contributed by atoms with Crippen LogP contribution in [0.1, 0.15) is 27.7 Å². The summed E-state index contributed by atoms with van der Waals surface area (Å²) >= 11 is 0. The lowest BCUT2D eigenvalue weighted by atomic mass is 10.3. The van der Waals surface area contributed by atoms with Crippen molar-refractivity contribution in [2.75, 3.05) is 5.75 Å². The van der Waals surface area contributed by atoms with Gasteiger partial charge < -0.3 is 0 Å². The Labute approximate surface area is 64.9 Å².